The SMILES string of the molecule is CCCCCCCCCCCCCCCCC(=O)OC(CC=O)CCCCCCCCCCC. The van der Waals surface area contributed by atoms with Crippen molar-refractivity contribution < 1.29 is 14.3 Å². The molecule has 3 heteroatoms. The van der Waals surface area contributed by atoms with Crippen LogP contribution in [0.25, 0.3) is 0 Å². The van der Waals surface area contributed by atoms with Crippen LogP contribution >= 0.6 is 0 Å². The van der Waals surface area contributed by atoms with Gasteiger partial charge in [-0.05, 0) is 19.3 Å². The van der Waals surface area contributed by atoms with Gasteiger partial charge in [0.2, 0.25) is 0 Å². The fraction of sp³-hybridized carbons (Fsp3) is 0.935. The van der Waals surface area contributed by atoms with Gasteiger partial charge in [0.25, 0.3) is 0 Å². The molecule has 0 radical (unpaired) electrons. The van der Waals surface area contributed by atoms with E-state index in [2.05, 4.69) is 13.8 Å². The van der Waals surface area contributed by atoms with Gasteiger partial charge < -0.3 is 9.53 Å². The van der Waals surface area contributed by atoms with Crippen LogP contribution in [0, 0.1) is 0 Å². The summed E-state index contributed by atoms with van der Waals surface area (Å²) in [4.78, 5) is 23.1. The van der Waals surface area contributed by atoms with Crippen LogP contribution < -0.4 is 0 Å². The molecule has 0 fully saturated rings. The Labute approximate surface area is 213 Å². The van der Waals surface area contributed by atoms with Crippen molar-refractivity contribution in [1.29, 1.82) is 0 Å². The van der Waals surface area contributed by atoms with Crippen LogP contribution in [-0.2, 0) is 14.3 Å². The standard InChI is InChI=1S/C31H60O3/c1-3-5-7-9-11-13-14-15-16-17-19-21-23-25-27-31(33)34-30(28-29-32)26-24-22-20-18-12-10-8-6-4-2/h29-30H,3-28H2,1-2H3. The second-order valence-electron chi connectivity index (χ2n) is 10.5. The van der Waals surface area contributed by atoms with Gasteiger partial charge in [-0.2, -0.15) is 0 Å². The zero-order chi connectivity index (χ0) is 25.0. The van der Waals surface area contributed by atoms with Gasteiger partial charge in [0.1, 0.15) is 12.4 Å². The van der Waals surface area contributed by atoms with Crippen molar-refractivity contribution in [1.82, 2.24) is 0 Å². The van der Waals surface area contributed by atoms with Gasteiger partial charge in [0.15, 0.2) is 0 Å². The van der Waals surface area contributed by atoms with Crippen LogP contribution in [0.2, 0.25) is 0 Å². The Hall–Kier alpha value is -0.860. The summed E-state index contributed by atoms with van der Waals surface area (Å²) in [6, 6.07) is 0. The van der Waals surface area contributed by atoms with Crippen molar-refractivity contribution in [3.63, 3.8) is 0 Å². The van der Waals surface area contributed by atoms with E-state index in [-0.39, 0.29) is 12.1 Å². The number of carbonyl (C=O) groups is 2. The number of hydrogen-bond acceptors (Lipinski definition) is 3. The summed E-state index contributed by atoms with van der Waals surface area (Å²) in [5, 5.41) is 0. The van der Waals surface area contributed by atoms with E-state index in [9.17, 15) is 9.59 Å². The van der Waals surface area contributed by atoms with Crippen molar-refractivity contribution in [3.8, 4) is 0 Å². The Morgan fingerprint density at radius 1 is 0.559 bits per heavy atom. The summed E-state index contributed by atoms with van der Waals surface area (Å²) in [7, 11) is 0. The normalized spacial score (nSPS) is 12.1. The number of unbranched alkanes of at least 4 members (excludes halogenated alkanes) is 21. The third-order valence-electron chi connectivity index (χ3n) is 7.02. The molecule has 0 aromatic heterocycles. The van der Waals surface area contributed by atoms with E-state index in [0.29, 0.717) is 12.8 Å². The summed E-state index contributed by atoms with van der Waals surface area (Å²) in [5.74, 6) is -0.110. The number of rotatable bonds is 28. The second-order valence-corrected chi connectivity index (χ2v) is 10.5. The minimum absolute atomic E-state index is 0.110. The Kier molecular flexibility index (Phi) is 27.7. The predicted molar refractivity (Wildman–Crippen MR) is 147 cm³/mol. The first-order valence-corrected chi connectivity index (χ1v) is 15.4. The molecular weight excluding hydrogens is 420 g/mol. The van der Waals surface area contributed by atoms with Gasteiger partial charge in [0.05, 0.1) is 0 Å². The Morgan fingerprint density at radius 3 is 1.29 bits per heavy atom. The topological polar surface area (TPSA) is 43.4 Å². The van der Waals surface area contributed by atoms with Gasteiger partial charge in [0, 0.05) is 12.8 Å². The molecule has 0 aliphatic carbocycles. The molecule has 0 saturated heterocycles. The minimum Gasteiger partial charge on any atom is -0.462 e. The molecule has 0 rings (SSSR count). The fourth-order valence-corrected chi connectivity index (χ4v) is 4.72. The van der Waals surface area contributed by atoms with E-state index in [0.717, 1.165) is 32.0 Å². The van der Waals surface area contributed by atoms with Gasteiger partial charge in [-0.1, -0.05) is 149 Å². The van der Waals surface area contributed by atoms with Crippen LogP contribution in [0.3, 0.4) is 0 Å². The highest BCUT2D eigenvalue weighted by Crippen LogP contribution is 2.16. The van der Waals surface area contributed by atoms with Gasteiger partial charge in [-0.15, -0.1) is 0 Å². The summed E-state index contributed by atoms with van der Waals surface area (Å²) in [6.45, 7) is 4.53. The molecule has 0 heterocycles. The molecule has 34 heavy (non-hydrogen) atoms. The van der Waals surface area contributed by atoms with E-state index < -0.39 is 0 Å². The molecule has 0 aliphatic heterocycles. The smallest absolute Gasteiger partial charge is 0.306 e. The Bertz CT molecular complexity index is 421. The first kappa shape index (κ1) is 33.1. The molecule has 0 amide bonds. The average molecular weight is 481 g/mol. The van der Waals surface area contributed by atoms with E-state index >= 15 is 0 Å². The highest BCUT2D eigenvalue weighted by atomic mass is 16.5. The molecule has 0 N–H and O–H groups in total. The maximum Gasteiger partial charge on any atom is 0.306 e. The lowest BCUT2D eigenvalue weighted by Gasteiger charge is -2.15. The first-order valence-electron chi connectivity index (χ1n) is 15.4. The number of aldehydes is 1. The second kappa shape index (κ2) is 28.4. The lowest BCUT2D eigenvalue weighted by molar-refractivity contribution is -0.150. The zero-order valence-corrected chi connectivity index (χ0v) is 23.3. The van der Waals surface area contributed by atoms with Crippen molar-refractivity contribution in [2.24, 2.45) is 0 Å². The van der Waals surface area contributed by atoms with Crippen molar-refractivity contribution in [2.75, 3.05) is 0 Å². The monoisotopic (exact) mass is 480 g/mol. The molecule has 0 aromatic rings. The average Bonchev–Trinajstić information content (AvgIpc) is 2.83. The van der Waals surface area contributed by atoms with Crippen LogP contribution in [0.4, 0.5) is 0 Å². The van der Waals surface area contributed by atoms with E-state index in [1.165, 1.54) is 128 Å². The van der Waals surface area contributed by atoms with Gasteiger partial charge in [-0.3, -0.25) is 4.79 Å². The first-order chi connectivity index (χ1) is 16.7. The van der Waals surface area contributed by atoms with Crippen LogP contribution in [-0.4, -0.2) is 18.4 Å². The molecule has 1 unspecified atom stereocenters. The highest BCUT2D eigenvalue weighted by Gasteiger charge is 2.13. The van der Waals surface area contributed by atoms with Crippen LogP contribution in [0.5, 0.6) is 0 Å². The maximum atomic E-state index is 12.2. The van der Waals surface area contributed by atoms with E-state index in [1.54, 1.807) is 0 Å². The quantitative estimate of drug-likeness (QED) is 0.0635. The largest absolute Gasteiger partial charge is 0.462 e. The molecule has 0 spiro atoms. The zero-order valence-electron chi connectivity index (χ0n) is 23.3. The summed E-state index contributed by atoms with van der Waals surface area (Å²) in [6.07, 6.45) is 32.3. The van der Waals surface area contributed by atoms with Crippen molar-refractivity contribution in [3.05, 3.63) is 0 Å². The lowest BCUT2D eigenvalue weighted by atomic mass is 10.0. The molecule has 202 valence electrons. The molecule has 0 bridgehead atoms. The van der Waals surface area contributed by atoms with Gasteiger partial charge in [-0.25, -0.2) is 0 Å². The Morgan fingerprint density at radius 2 is 0.912 bits per heavy atom. The minimum atomic E-state index is -0.207. The lowest BCUT2D eigenvalue weighted by Crippen LogP contribution is -2.18. The molecule has 3 nitrogen and oxygen atoms in total. The third-order valence-corrected chi connectivity index (χ3v) is 7.02. The maximum absolute atomic E-state index is 12.2. The predicted octanol–water partition coefficient (Wildman–Crippen LogP) is 10.3. The number of esters is 1. The van der Waals surface area contributed by atoms with E-state index in [4.69, 9.17) is 4.74 Å². The van der Waals surface area contributed by atoms with Crippen molar-refractivity contribution in [2.45, 2.75) is 187 Å². The number of carbonyl (C=O) groups excluding carboxylic acids is 2. The van der Waals surface area contributed by atoms with E-state index in [1.807, 2.05) is 0 Å². The summed E-state index contributed by atoms with van der Waals surface area (Å²) < 4.78 is 5.61. The Balaban J connectivity index is 3.53. The van der Waals surface area contributed by atoms with Crippen molar-refractivity contribution >= 4 is 12.3 Å². The fourth-order valence-electron chi connectivity index (χ4n) is 4.72. The number of hydrogen-bond donors (Lipinski definition) is 0. The van der Waals surface area contributed by atoms with Gasteiger partial charge >= 0.3 is 5.97 Å². The number of ether oxygens (including phenoxy) is 1. The molecular formula is C31H60O3. The summed E-state index contributed by atoms with van der Waals surface area (Å²) >= 11 is 0. The van der Waals surface area contributed by atoms with Crippen LogP contribution in [0.1, 0.15) is 181 Å². The van der Waals surface area contributed by atoms with Crippen LogP contribution in [0.15, 0.2) is 0 Å². The third kappa shape index (κ3) is 25.8. The highest BCUT2D eigenvalue weighted by molar-refractivity contribution is 5.69. The summed E-state index contributed by atoms with van der Waals surface area (Å²) in [5.41, 5.74) is 0. The molecule has 0 saturated carbocycles. The molecule has 0 aromatic carbocycles. The molecule has 1 atom stereocenters. The molecule has 0 aliphatic rings.